The Bertz CT molecular complexity index is 354. The van der Waals surface area contributed by atoms with Crippen molar-refractivity contribution in [3.63, 3.8) is 0 Å². The van der Waals surface area contributed by atoms with E-state index < -0.39 is 0 Å². The van der Waals surface area contributed by atoms with Gasteiger partial charge in [0.15, 0.2) is 0 Å². The smallest absolute Gasteiger partial charge is 0.227 e. The second kappa shape index (κ2) is 6.82. The molecule has 3 N–H and O–H groups in total. The average molecular weight is 334 g/mol. The maximum absolute atomic E-state index is 11.6. The molecule has 4 nitrogen and oxygen atoms in total. The van der Waals surface area contributed by atoms with Crippen LogP contribution in [0.2, 0.25) is 0 Å². The van der Waals surface area contributed by atoms with E-state index in [-0.39, 0.29) is 18.4 Å². The molecule has 0 aromatic heterocycles. The number of carbonyl (C=O) groups is 1. The third kappa shape index (κ3) is 4.07. The van der Waals surface area contributed by atoms with Crippen molar-refractivity contribution in [2.45, 2.75) is 12.5 Å². The van der Waals surface area contributed by atoms with Crippen LogP contribution in [-0.4, -0.2) is 25.7 Å². The van der Waals surface area contributed by atoms with Gasteiger partial charge >= 0.3 is 0 Å². The molecule has 1 atom stereocenters. The normalized spacial score (nSPS) is 12.2. The minimum absolute atomic E-state index is 0.0820. The topological polar surface area (TPSA) is 64.3 Å². The highest BCUT2D eigenvalue weighted by Gasteiger charge is 2.12. The Morgan fingerprint density at radius 3 is 2.81 bits per heavy atom. The fraction of sp³-hybridized carbons (Fsp3) is 0.364. The van der Waals surface area contributed by atoms with Crippen molar-refractivity contribution in [3.05, 3.63) is 27.8 Å². The molecule has 1 unspecified atom stereocenters. The Hall–Kier alpha value is -0.660. The van der Waals surface area contributed by atoms with Crippen LogP contribution in [0.4, 0.5) is 5.69 Å². The van der Waals surface area contributed by atoms with E-state index in [1.807, 2.05) is 24.3 Å². The van der Waals surface area contributed by atoms with Crippen LogP contribution in [0.1, 0.15) is 6.42 Å². The lowest BCUT2D eigenvalue weighted by Gasteiger charge is -2.13. The van der Waals surface area contributed by atoms with Gasteiger partial charge in [-0.25, -0.2) is 0 Å². The third-order valence-corrected chi connectivity index (χ3v) is 3.10. The molecule has 0 aliphatic carbocycles. The maximum Gasteiger partial charge on any atom is 0.227 e. The van der Waals surface area contributed by atoms with E-state index in [1.54, 1.807) is 7.11 Å². The van der Waals surface area contributed by atoms with Crippen LogP contribution in [0.15, 0.2) is 24.3 Å². The molecule has 0 aliphatic rings. The number of para-hydroxylation sites is 1. The first-order chi connectivity index (χ1) is 7.67. The quantitative estimate of drug-likeness (QED) is 0.804. The molecule has 1 aromatic carbocycles. The van der Waals surface area contributed by atoms with Crippen LogP contribution in [0, 0.1) is 3.57 Å². The van der Waals surface area contributed by atoms with Crippen molar-refractivity contribution < 1.29 is 9.53 Å². The van der Waals surface area contributed by atoms with Gasteiger partial charge in [-0.1, -0.05) is 12.1 Å². The molecule has 0 heterocycles. The number of amides is 1. The standard InChI is InChI=1S/C11H15IN2O2/c1-16-8(7-13)6-11(15)14-10-5-3-2-4-9(10)12/h2-5,8H,6-7,13H2,1H3,(H,14,15). The number of halogens is 1. The van der Waals surface area contributed by atoms with Crippen LogP contribution in [-0.2, 0) is 9.53 Å². The van der Waals surface area contributed by atoms with Crippen molar-refractivity contribution in [3.8, 4) is 0 Å². The van der Waals surface area contributed by atoms with Crippen molar-refractivity contribution in [1.82, 2.24) is 0 Å². The molecule has 0 fully saturated rings. The van der Waals surface area contributed by atoms with E-state index in [9.17, 15) is 4.79 Å². The fourth-order valence-corrected chi connectivity index (χ4v) is 1.76. The number of nitrogens with one attached hydrogen (secondary N) is 1. The summed E-state index contributed by atoms with van der Waals surface area (Å²) in [7, 11) is 1.55. The van der Waals surface area contributed by atoms with Gasteiger partial charge in [0, 0.05) is 17.2 Å². The van der Waals surface area contributed by atoms with Crippen molar-refractivity contribution in [2.24, 2.45) is 5.73 Å². The number of rotatable bonds is 5. The minimum Gasteiger partial charge on any atom is -0.380 e. The zero-order chi connectivity index (χ0) is 12.0. The van der Waals surface area contributed by atoms with Crippen LogP contribution < -0.4 is 11.1 Å². The Balaban J connectivity index is 2.55. The second-order valence-corrected chi connectivity index (χ2v) is 4.49. The zero-order valence-corrected chi connectivity index (χ0v) is 11.2. The molecule has 0 aliphatic heterocycles. The van der Waals surface area contributed by atoms with Crippen molar-refractivity contribution >= 4 is 34.2 Å². The van der Waals surface area contributed by atoms with Crippen molar-refractivity contribution in [1.29, 1.82) is 0 Å². The fourth-order valence-electron chi connectivity index (χ4n) is 1.23. The predicted molar refractivity (Wildman–Crippen MR) is 72.3 cm³/mol. The third-order valence-electron chi connectivity index (χ3n) is 2.16. The van der Waals surface area contributed by atoms with Crippen LogP contribution in [0.3, 0.4) is 0 Å². The number of anilines is 1. The second-order valence-electron chi connectivity index (χ2n) is 3.33. The summed E-state index contributed by atoms with van der Waals surface area (Å²) in [6.45, 7) is 0.343. The number of hydrogen-bond donors (Lipinski definition) is 2. The zero-order valence-electron chi connectivity index (χ0n) is 9.07. The molecule has 5 heteroatoms. The summed E-state index contributed by atoms with van der Waals surface area (Å²) in [5.74, 6) is -0.0820. The lowest BCUT2D eigenvalue weighted by atomic mass is 10.2. The monoisotopic (exact) mass is 334 g/mol. The summed E-state index contributed by atoms with van der Waals surface area (Å²) in [6, 6.07) is 7.61. The van der Waals surface area contributed by atoms with Gasteiger partial charge in [0.2, 0.25) is 5.91 Å². The molecule has 0 bridgehead atoms. The highest BCUT2D eigenvalue weighted by Crippen LogP contribution is 2.17. The molecule has 0 radical (unpaired) electrons. The van der Waals surface area contributed by atoms with E-state index in [2.05, 4.69) is 27.9 Å². The Labute approximate surface area is 109 Å². The van der Waals surface area contributed by atoms with E-state index in [0.29, 0.717) is 6.54 Å². The number of hydrogen-bond acceptors (Lipinski definition) is 3. The molecule has 0 saturated carbocycles. The first-order valence-corrected chi connectivity index (χ1v) is 6.02. The highest BCUT2D eigenvalue weighted by atomic mass is 127. The summed E-state index contributed by atoms with van der Waals surface area (Å²) < 4.78 is 6.06. The summed E-state index contributed by atoms with van der Waals surface area (Å²) >= 11 is 2.18. The van der Waals surface area contributed by atoms with Gasteiger partial charge in [-0.15, -0.1) is 0 Å². The lowest BCUT2D eigenvalue weighted by Crippen LogP contribution is -2.28. The van der Waals surface area contributed by atoms with Crippen LogP contribution >= 0.6 is 22.6 Å². The minimum atomic E-state index is -0.221. The van der Waals surface area contributed by atoms with Crippen LogP contribution in [0.25, 0.3) is 0 Å². The first kappa shape index (κ1) is 13.4. The van der Waals surface area contributed by atoms with E-state index in [1.165, 1.54) is 0 Å². The van der Waals surface area contributed by atoms with Gasteiger partial charge in [-0.05, 0) is 34.7 Å². The number of ether oxygens (including phenoxy) is 1. The average Bonchev–Trinajstić information content (AvgIpc) is 2.29. The van der Waals surface area contributed by atoms with Gasteiger partial charge in [0.1, 0.15) is 0 Å². The molecular weight excluding hydrogens is 319 g/mol. The Morgan fingerprint density at radius 2 is 2.25 bits per heavy atom. The van der Waals surface area contributed by atoms with E-state index in [0.717, 1.165) is 9.26 Å². The molecule has 16 heavy (non-hydrogen) atoms. The summed E-state index contributed by atoms with van der Waals surface area (Å²) in [5.41, 5.74) is 6.27. The summed E-state index contributed by atoms with van der Waals surface area (Å²) in [5, 5.41) is 2.83. The largest absolute Gasteiger partial charge is 0.380 e. The summed E-state index contributed by atoms with van der Waals surface area (Å²) in [4.78, 5) is 11.6. The summed E-state index contributed by atoms with van der Waals surface area (Å²) in [6.07, 6.45) is 0.0548. The predicted octanol–water partition coefficient (Wildman–Crippen LogP) is 1.59. The number of carbonyl (C=O) groups excluding carboxylic acids is 1. The molecular formula is C11H15IN2O2. The molecule has 1 aromatic rings. The van der Waals surface area contributed by atoms with E-state index in [4.69, 9.17) is 10.5 Å². The van der Waals surface area contributed by atoms with Gasteiger partial charge in [0.25, 0.3) is 0 Å². The Morgan fingerprint density at radius 1 is 1.56 bits per heavy atom. The van der Waals surface area contributed by atoms with Gasteiger partial charge in [-0.2, -0.15) is 0 Å². The molecule has 1 rings (SSSR count). The first-order valence-electron chi connectivity index (χ1n) is 4.94. The van der Waals surface area contributed by atoms with Crippen molar-refractivity contribution in [2.75, 3.05) is 19.0 Å². The molecule has 0 saturated heterocycles. The van der Waals surface area contributed by atoms with E-state index >= 15 is 0 Å². The molecule has 88 valence electrons. The highest BCUT2D eigenvalue weighted by molar-refractivity contribution is 14.1. The molecule has 0 spiro atoms. The SMILES string of the molecule is COC(CN)CC(=O)Nc1ccccc1I. The number of methoxy groups -OCH3 is 1. The Kier molecular flexibility index (Phi) is 5.72. The van der Waals surface area contributed by atoms with Gasteiger partial charge in [-0.3, -0.25) is 4.79 Å². The lowest BCUT2D eigenvalue weighted by molar-refractivity contribution is -0.118. The number of nitrogens with two attached hydrogens (primary N) is 1. The number of benzene rings is 1. The van der Waals surface area contributed by atoms with Gasteiger partial charge < -0.3 is 15.8 Å². The van der Waals surface area contributed by atoms with Gasteiger partial charge in [0.05, 0.1) is 18.2 Å². The molecule has 1 amide bonds. The maximum atomic E-state index is 11.6. The van der Waals surface area contributed by atoms with Crippen LogP contribution in [0.5, 0.6) is 0 Å².